The lowest BCUT2D eigenvalue weighted by molar-refractivity contribution is 0.0650. The van der Waals surface area contributed by atoms with Crippen molar-refractivity contribution in [3.8, 4) is 0 Å². The van der Waals surface area contributed by atoms with Gasteiger partial charge in [0.05, 0.1) is 5.71 Å². The largest absolute Gasteiger partial charge is 0.389 e. The fraction of sp³-hybridized carbons (Fsp3) is 0.889. The second-order valence-corrected chi connectivity index (χ2v) is 4.67. The normalized spacial score (nSPS) is 26.7. The molecule has 1 unspecified atom stereocenters. The molecule has 1 aliphatic carbocycles. The Labute approximate surface area is 77.9 Å². The number of nitrogens with zero attached hydrogens (tertiary/aromatic N) is 1. The van der Waals surface area contributed by atoms with Crippen molar-refractivity contribution in [2.75, 3.05) is 0 Å². The van der Waals surface area contributed by atoms with Crippen molar-refractivity contribution in [3.05, 3.63) is 0 Å². The molecule has 2 nitrogen and oxygen atoms in total. The number of hydrogen-bond acceptors (Lipinski definition) is 2. The molecule has 0 bridgehead atoms. The van der Waals surface area contributed by atoms with Crippen molar-refractivity contribution < 1.29 is 4.84 Å². The Morgan fingerprint density at radius 3 is 2.92 bits per heavy atom. The summed E-state index contributed by atoms with van der Waals surface area (Å²) in [4.78, 5) is 5.34. The highest BCUT2D eigenvalue weighted by Gasteiger charge is 2.50. The minimum Gasteiger partial charge on any atom is -0.389 e. The lowest BCUT2D eigenvalue weighted by atomic mass is 10.1. The number of oxime groups is 1. The molecule has 1 heterocycles. The minimum atomic E-state index is 0.158. The van der Waals surface area contributed by atoms with E-state index in [0.717, 1.165) is 19.3 Å². The molecule has 0 saturated heterocycles. The summed E-state index contributed by atoms with van der Waals surface area (Å²) in [7, 11) is 0. The number of hydrogen-bond donors (Lipinski definition) is 0. The first-order valence-electron chi connectivity index (χ1n) is 4.58. The predicted octanol–water partition coefficient (Wildman–Crippen LogP) is 2.70. The quantitative estimate of drug-likeness (QED) is 0.623. The molecular formula is C9H14ClNO. The van der Waals surface area contributed by atoms with Crippen LogP contribution in [0.25, 0.3) is 0 Å². The van der Waals surface area contributed by atoms with Gasteiger partial charge >= 0.3 is 0 Å². The molecule has 12 heavy (non-hydrogen) atoms. The van der Waals surface area contributed by atoms with Gasteiger partial charge in [-0.15, -0.1) is 11.6 Å². The van der Waals surface area contributed by atoms with Gasteiger partial charge in [-0.2, -0.15) is 0 Å². The summed E-state index contributed by atoms with van der Waals surface area (Å²) in [5.74, 6) is 0. The molecule has 1 aliphatic heterocycles. The third kappa shape index (κ3) is 1.74. The molecule has 0 amide bonds. The van der Waals surface area contributed by atoms with Gasteiger partial charge < -0.3 is 4.84 Å². The summed E-state index contributed by atoms with van der Waals surface area (Å²) in [6, 6.07) is 0. The highest BCUT2D eigenvalue weighted by Crippen LogP contribution is 2.46. The van der Waals surface area contributed by atoms with E-state index in [2.05, 4.69) is 5.16 Å². The van der Waals surface area contributed by atoms with Crippen LogP contribution in [0.15, 0.2) is 5.16 Å². The van der Waals surface area contributed by atoms with E-state index in [1.807, 2.05) is 6.92 Å². The Bertz CT molecular complexity index is 209. The molecular weight excluding hydrogens is 174 g/mol. The van der Waals surface area contributed by atoms with E-state index in [1.54, 1.807) is 0 Å². The molecule has 3 heteroatoms. The molecule has 0 radical (unpaired) electrons. The fourth-order valence-electron chi connectivity index (χ4n) is 1.50. The molecule has 0 aromatic rings. The Kier molecular flexibility index (Phi) is 2.03. The van der Waals surface area contributed by atoms with E-state index in [4.69, 9.17) is 16.4 Å². The molecule has 0 N–H and O–H groups in total. The summed E-state index contributed by atoms with van der Waals surface area (Å²) in [5.41, 5.74) is 1.37. The van der Waals surface area contributed by atoms with Crippen LogP contribution < -0.4 is 0 Å². The van der Waals surface area contributed by atoms with Gasteiger partial charge in [0.25, 0.3) is 0 Å². The molecule has 68 valence electrons. The highest BCUT2D eigenvalue weighted by molar-refractivity contribution is 6.20. The summed E-state index contributed by atoms with van der Waals surface area (Å²) in [6.45, 7) is 2.02. The lowest BCUT2D eigenvalue weighted by Crippen LogP contribution is -2.08. The Morgan fingerprint density at radius 1 is 1.67 bits per heavy atom. The lowest BCUT2D eigenvalue weighted by Gasteiger charge is -2.02. The molecule has 1 atom stereocenters. The second kappa shape index (κ2) is 2.91. The van der Waals surface area contributed by atoms with E-state index < -0.39 is 0 Å². The first kappa shape index (κ1) is 8.36. The third-order valence-electron chi connectivity index (χ3n) is 2.53. The molecule has 0 aromatic carbocycles. The van der Waals surface area contributed by atoms with Crippen LogP contribution in [0.1, 0.15) is 39.0 Å². The van der Waals surface area contributed by atoms with Crippen LogP contribution in [0.2, 0.25) is 0 Å². The standard InChI is InChI=1S/C9H14ClNO/c1-7(10)2-3-8-6-9(4-5-9)12-11-8/h7H,2-6H2,1H3. The Balaban J connectivity index is 1.75. The van der Waals surface area contributed by atoms with E-state index in [1.165, 1.54) is 18.6 Å². The zero-order chi connectivity index (χ0) is 8.60. The van der Waals surface area contributed by atoms with Crippen LogP contribution in [-0.2, 0) is 4.84 Å². The average Bonchev–Trinajstić information content (AvgIpc) is 2.60. The van der Waals surface area contributed by atoms with Crippen molar-refractivity contribution in [3.63, 3.8) is 0 Å². The summed E-state index contributed by atoms with van der Waals surface area (Å²) in [5, 5.41) is 4.33. The number of rotatable bonds is 3. The molecule has 1 spiro atoms. The van der Waals surface area contributed by atoms with Gasteiger partial charge in [-0.05, 0) is 32.6 Å². The highest BCUT2D eigenvalue weighted by atomic mass is 35.5. The van der Waals surface area contributed by atoms with Crippen molar-refractivity contribution in [2.45, 2.75) is 50.0 Å². The first-order chi connectivity index (χ1) is 5.70. The van der Waals surface area contributed by atoms with Crippen molar-refractivity contribution in [1.29, 1.82) is 0 Å². The SMILES string of the molecule is CC(Cl)CCC1=NOC2(CC2)C1. The van der Waals surface area contributed by atoms with E-state index in [9.17, 15) is 0 Å². The maximum atomic E-state index is 5.85. The van der Waals surface area contributed by atoms with Crippen molar-refractivity contribution in [2.24, 2.45) is 5.16 Å². The summed E-state index contributed by atoms with van der Waals surface area (Å²) in [6.07, 6.45) is 5.45. The van der Waals surface area contributed by atoms with Crippen molar-refractivity contribution >= 4 is 17.3 Å². The molecule has 2 aliphatic rings. The maximum Gasteiger partial charge on any atom is 0.143 e. The molecule has 1 saturated carbocycles. The van der Waals surface area contributed by atoms with Gasteiger partial charge in [0.2, 0.25) is 0 Å². The van der Waals surface area contributed by atoms with Gasteiger partial charge in [0, 0.05) is 11.8 Å². The third-order valence-corrected chi connectivity index (χ3v) is 2.75. The predicted molar refractivity (Wildman–Crippen MR) is 49.7 cm³/mol. The number of halogens is 1. The average molecular weight is 188 g/mol. The van der Waals surface area contributed by atoms with E-state index in [0.29, 0.717) is 0 Å². The fourth-order valence-corrected chi connectivity index (χ4v) is 1.61. The van der Waals surface area contributed by atoms with Crippen LogP contribution in [-0.4, -0.2) is 16.7 Å². The van der Waals surface area contributed by atoms with Gasteiger partial charge in [-0.1, -0.05) is 5.16 Å². The van der Waals surface area contributed by atoms with Crippen LogP contribution >= 0.6 is 11.6 Å². The molecule has 1 fully saturated rings. The van der Waals surface area contributed by atoms with Crippen LogP contribution in [0.5, 0.6) is 0 Å². The van der Waals surface area contributed by atoms with Crippen LogP contribution in [0.4, 0.5) is 0 Å². The smallest absolute Gasteiger partial charge is 0.143 e. The molecule has 2 rings (SSSR count). The van der Waals surface area contributed by atoms with Crippen molar-refractivity contribution in [1.82, 2.24) is 0 Å². The topological polar surface area (TPSA) is 21.6 Å². The Hall–Kier alpha value is -0.240. The maximum absolute atomic E-state index is 5.85. The van der Waals surface area contributed by atoms with Crippen LogP contribution in [0, 0.1) is 0 Å². The van der Waals surface area contributed by atoms with E-state index >= 15 is 0 Å². The Morgan fingerprint density at radius 2 is 2.42 bits per heavy atom. The molecule has 0 aromatic heterocycles. The zero-order valence-corrected chi connectivity index (χ0v) is 8.10. The minimum absolute atomic E-state index is 0.158. The summed E-state index contributed by atoms with van der Waals surface area (Å²) < 4.78 is 0. The van der Waals surface area contributed by atoms with Crippen LogP contribution in [0.3, 0.4) is 0 Å². The number of alkyl halides is 1. The zero-order valence-electron chi connectivity index (χ0n) is 7.35. The van der Waals surface area contributed by atoms with E-state index in [-0.39, 0.29) is 11.0 Å². The van der Waals surface area contributed by atoms with Gasteiger partial charge in [0.1, 0.15) is 5.60 Å². The first-order valence-corrected chi connectivity index (χ1v) is 5.02. The summed E-state index contributed by atoms with van der Waals surface area (Å²) >= 11 is 5.85. The van der Waals surface area contributed by atoms with Gasteiger partial charge in [0.15, 0.2) is 0 Å². The monoisotopic (exact) mass is 187 g/mol. The van der Waals surface area contributed by atoms with Gasteiger partial charge in [-0.3, -0.25) is 0 Å². The van der Waals surface area contributed by atoms with Gasteiger partial charge in [-0.25, -0.2) is 0 Å². The second-order valence-electron chi connectivity index (χ2n) is 3.93.